The van der Waals surface area contributed by atoms with Gasteiger partial charge in [0.25, 0.3) is 5.91 Å². The molecule has 3 rings (SSSR count). The first-order chi connectivity index (χ1) is 10.8. The lowest BCUT2D eigenvalue weighted by molar-refractivity contribution is 0.0582. The molecule has 0 spiro atoms. The van der Waals surface area contributed by atoms with Crippen molar-refractivity contribution in [1.29, 1.82) is 0 Å². The smallest absolute Gasteiger partial charge is 0.253 e. The van der Waals surface area contributed by atoms with E-state index >= 15 is 0 Å². The van der Waals surface area contributed by atoms with Crippen molar-refractivity contribution in [2.45, 2.75) is 12.8 Å². The Hall–Kier alpha value is -1.97. The zero-order valence-corrected chi connectivity index (χ0v) is 13.0. The lowest BCUT2D eigenvalue weighted by Gasteiger charge is -2.31. The largest absolute Gasteiger partial charge is 0.369 e. The minimum atomic E-state index is 0.0675. The standard InChI is InChI=1S/C16H17N3O2S/c1-2-9-21-11-12-5-7-19(8-6-12)16(20)13-3-4-14-15(10-13)18-22-17-14/h1,3-4,10,12H,5-9,11H2. The fourth-order valence-electron chi connectivity index (χ4n) is 2.68. The number of nitrogens with zero attached hydrogens (tertiary/aromatic N) is 3. The molecule has 2 aromatic rings. The number of carbonyl (C=O) groups excluding carboxylic acids is 1. The van der Waals surface area contributed by atoms with Crippen LogP contribution in [0.15, 0.2) is 18.2 Å². The monoisotopic (exact) mass is 315 g/mol. The van der Waals surface area contributed by atoms with Crippen LogP contribution in [0, 0.1) is 18.3 Å². The summed E-state index contributed by atoms with van der Waals surface area (Å²) < 4.78 is 13.7. The number of fused-ring (bicyclic) bond motifs is 1. The van der Waals surface area contributed by atoms with E-state index in [1.165, 1.54) is 11.7 Å². The van der Waals surface area contributed by atoms with E-state index in [1.807, 2.05) is 23.1 Å². The highest BCUT2D eigenvalue weighted by molar-refractivity contribution is 7.00. The predicted molar refractivity (Wildman–Crippen MR) is 85.7 cm³/mol. The van der Waals surface area contributed by atoms with Gasteiger partial charge in [0.2, 0.25) is 0 Å². The summed E-state index contributed by atoms with van der Waals surface area (Å²) in [5.74, 6) is 3.03. The van der Waals surface area contributed by atoms with Crippen LogP contribution >= 0.6 is 11.7 Å². The second-order valence-corrected chi connectivity index (χ2v) is 5.95. The molecule has 1 aliphatic rings. The van der Waals surface area contributed by atoms with Crippen molar-refractivity contribution in [3.8, 4) is 12.3 Å². The Kier molecular flexibility index (Phi) is 4.66. The zero-order chi connectivity index (χ0) is 15.4. The molecule has 0 radical (unpaired) electrons. The number of piperidine rings is 1. The van der Waals surface area contributed by atoms with E-state index in [4.69, 9.17) is 11.2 Å². The van der Waals surface area contributed by atoms with Crippen LogP contribution in [0.5, 0.6) is 0 Å². The first-order valence-electron chi connectivity index (χ1n) is 7.30. The predicted octanol–water partition coefficient (Wildman–Crippen LogP) is 2.19. The highest BCUT2D eigenvalue weighted by Gasteiger charge is 2.24. The Morgan fingerprint density at radius 2 is 2.14 bits per heavy atom. The number of hydrogen-bond acceptors (Lipinski definition) is 5. The fraction of sp³-hybridized carbons (Fsp3) is 0.438. The molecule has 1 saturated heterocycles. The first kappa shape index (κ1) is 14.9. The molecule has 1 aromatic heterocycles. The molecular weight excluding hydrogens is 298 g/mol. The van der Waals surface area contributed by atoms with E-state index in [0.717, 1.165) is 37.0 Å². The normalized spacial score (nSPS) is 15.9. The van der Waals surface area contributed by atoms with Crippen molar-refractivity contribution < 1.29 is 9.53 Å². The number of terminal acetylenes is 1. The van der Waals surface area contributed by atoms with Gasteiger partial charge < -0.3 is 9.64 Å². The average Bonchev–Trinajstić information content (AvgIpc) is 3.02. The molecule has 2 heterocycles. The van der Waals surface area contributed by atoms with Crippen LogP contribution < -0.4 is 0 Å². The van der Waals surface area contributed by atoms with Crippen LogP contribution in [0.3, 0.4) is 0 Å². The molecule has 1 amide bonds. The molecule has 0 atom stereocenters. The molecule has 1 aliphatic heterocycles. The van der Waals surface area contributed by atoms with Gasteiger partial charge in [-0.15, -0.1) is 6.42 Å². The molecule has 0 unspecified atom stereocenters. The molecule has 114 valence electrons. The Morgan fingerprint density at radius 3 is 2.91 bits per heavy atom. The average molecular weight is 315 g/mol. The number of hydrogen-bond donors (Lipinski definition) is 0. The van der Waals surface area contributed by atoms with Crippen LogP contribution in [0.1, 0.15) is 23.2 Å². The molecule has 1 aromatic carbocycles. The Morgan fingerprint density at radius 1 is 1.36 bits per heavy atom. The van der Waals surface area contributed by atoms with Crippen LogP contribution in [0.4, 0.5) is 0 Å². The Bertz CT molecular complexity index is 699. The lowest BCUT2D eigenvalue weighted by atomic mass is 9.97. The maximum Gasteiger partial charge on any atom is 0.253 e. The molecular formula is C16H17N3O2S. The van der Waals surface area contributed by atoms with Crippen molar-refractivity contribution in [2.24, 2.45) is 5.92 Å². The van der Waals surface area contributed by atoms with Gasteiger partial charge in [-0.1, -0.05) is 5.92 Å². The summed E-state index contributed by atoms with van der Waals surface area (Å²) in [7, 11) is 0. The highest BCUT2D eigenvalue weighted by Crippen LogP contribution is 2.21. The van der Waals surface area contributed by atoms with Crippen LogP contribution in [0.2, 0.25) is 0 Å². The summed E-state index contributed by atoms with van der Waals surface area (Å²) in [6.45, 7) is 2.57. The Labute approximate surface area is 133 Å². The molecule has 5 nitrogen and oxygen atoms in total. The van der Waals surface area contributed by atoms with E-state index in [-0.39, 0.29) is 5.91 Å². The third-order valence-electron chi connectivity index (χ3n) is 3.94. The second kappa shape index (κ2) is 6.86. The van der Waals surface area contributed by atoms with E-state index < -0.39 is 0 Å². The number of amides is 1. The van der Waals surface area contributed by atoms with E-state index in [2.05, 4.69) is 14.7 Å². The summed E-state index contributed by atoms with van der Waals surface area (Å²) >= 11 is 1.17. The van der Waals surface area contributed by atoms with E-state index in [1.54, 1.807) is 0 Å². The van der Waals surface area contributed by atoms with Gasteiger partial charge in [-0.05, 0) is 37.0 Å². The minimum Gasteiger partial charge on any atom is -0.369 e. The maximum atomic E-state index is 12.6. The number of rotatable bonds is 4. The maximum absolute atomic E-state index is 12.6. The molecule has 0 saturated carbocycles. The fourth-order valence-corrected chi connectivity index (χ4v) is 3.20. The zero-order valence-electron chi connectivity index (χ0n) is 12.2. The van der Waals surface area contributed by atoms with Crippen LogP contribution in [0.25, 0.3) is 11.0 Å². The van der Waals surface area contributed by atoms with Gasteiger partial charge in [0, 0.05) is 18.7 Å². The summed E-state index contributed by atoms with van der Waals surface area (Å²) in [6, 6.07) is 5.50. The van der Waals surface area contributed by atoms with Gasteiger partial charge in [0.1, 0.15) is 17.6 Å². The Balaban J connectivity index is 1.58. The number of aromatic nitrogens is 2. The van der Waals surface area contributed by atoms with Gasteiger partial charge in [0.05, 0.1) is 18.3 Å². The molecule has 0 N–H and O–H groups in total. The third-order valence-corrected chi connectivity index (χ3v) is 4.50. The van der Waals surface area contributed by atoms with Crippen LogP contribution in [-0.2, 0) is 4.74 Å². The summed E-state index contributed by atoms with van der Waals surface area (Å²) in [4.78, 5) is 14.5. The van der Waals surface area contributed by atoms with E-state index in [9.17, 15) is 4.79 Å². The first-order valence-corrected chi connectivity index (χ1v) is 8.04. The van der Waals surface area contributed by atoms with Gasteiger partial charge in [0.15, 0.2) is 0 Å². The van der Waals surface area contributed by atoms with Crippen molar-refractivity contribution in [2.75, 3.05) is 26.3 Å². The van der Waals surface area contributed by atoms with Gasteiger partial charge in [-0.2, -0.15) is 8.75 Å². The molecule has 1 fully saturated rings. The highest BCUT2D eigenvalue weighted by atomic mass is 32.1. The molecule has 0 bridgehead atoms. The topological polar surface area (TPSA) is 55.3 Å². The van der Waals surface area contributed by atoms with Crippen LogP contribution in [-0.4, -0.2) is 45.9 Å². The van der Waals surface area contributed by atoms with Gasteiger partial charge in [-0.25, -0.2) is 0 Å². The summed E-state index contributed by atoms with van der Waals surface area (Å²) in [6.07, 6.45) is 7.08. The molecule has 6 heteroatoms. The lowest BCUT2D eigenvalue weighted by Crippen LogP contribution is -2.39. The summed E-state index contributed by atoms with van der Waals surface area (Å²) in [5.41, 5.74) is 2.31. The second-order valence-electron chi connectivity index (χ2n) is 5.42. The van der Waals surface area contributed by atoms with Crippen molar-refractivity contribution >= 4 is 28.7 Å². The van der Waals surface area contributed by atoms with E-state index in [0.29, 0.717) is 24.7 Å². The quantitative estimate of drug-likeness (QED) is 0.641. The van der Waals surface area contributed by atoms with Crippen molar-refractivity contribution in [3.63, 3.8) is 0 Å². The van der Waals surface area contributed by atoms with Gasteiger partial charge >= 0.3 is 0 Å². The minimum absolute atomic E-state index is 0.0675. The number of ether oxygens (including phenoxy) is 1. The number of benzene rings is 1. The van der Waals surface area contributed by atoms with Gasteiger partial charge in [-0.3, -0.25) is 4.79 Å². The molecule has 0 aliphatic carbocycles. The number of likely N-dealkylation sites (tertiary alicyclic amines) is 1. The molecule has 22 heavy (non-hydrogen) atoms. The number of carbonyl (C=O) groups is 1. The SMILES string of the molecule is C#CCOCC1CCN(C(=O)c2ccc3nsnc3c2)CC1. The summed E-state index contributed by atoms with van der Waals surface area (Å²) in [5, 5.41) is 0. The third kappa shape index (κ3) is 3.26. The van der Waals surface area contributed by atoms with Crippen molar-refractivity contribution in [1.82, 2.24) is 13.6 Å². The van der Waals surface area contributed by atoms with Crippen molar-refractivity contribution in [3.05, 3.63) is 23.8 Å².